The monoisotopic (exact) mass is 406 g/mol. The van der Waals surface area contributed by atoms with Crippen LogP contribution in [0.5, 0.6) is 0 Å². The zero-order valence-electron chi connectivity index (χ0n) is 16.3. The first-order chi connectivity index (χ1) is 13.4. The Bertz CT molecular complexity index is 973. The lowest BCUT2D eigenvalue weighted by molar-refractivity contribution is 0.0791. The number of sulfonamides is 1. The third-order valence-electron chi connectivity index (χ3n) is 5.89. The number of piperidine rings is 1. The van der Waals surface area contributed by atoms with Crippen LogP contribution in [0.15, 0.2) is 17.3 Å². The smallest absolute Gasteiger partial charge is 0.257 e. The summed E-state index contributed by atoms with van der Waals surface area (Å²) in [6.45, 7) is 4.10. The molecular weight excluding hydrogens is 380 g/mol. The highest BCUT2D eigenvalue weighted by molar-refractivity contribution is 7.89. The number of amides is 1. The largest absolute Gasteiger partial charge is 0.339 e. The van der Waals surface area contributed by atoms with Crippen molar-refractivity contribution in [1.82, 2.24) is 29.2 Å². The Morgan fingerprint density at radius 2 is 1.93 bits per heavy atom. The molecule has 4 rings (SSSR count). The lowest BCUT2D eigenvalue weighted by Gasteiger charge is -2.31. The molecule has 0 aromatic carbocycles. The van der Waals surface area contributed by atoms with Crippen LogP contribution in [0.3, 0.4) is 0 Å². The Morgan fingerprint density at radius 1 is 1.18 bits per heavy atom. The van der Waals surface area contributed by atoms with E-state index in [2.05, 4.69) is 15.3 Å². The second kappa shape index (κ2) is 7.32. The van der Waals surface area contributed by atoms with Crippen LogP contribution in [0.4, 0.5) is 0 Å². The van der Waals surface area contributed by atoms with Gasteiger partial charge in [-0.1, -0.05) is 0 Å². The average Bonchev–Trinajstić information content (AvgIpc) is 3.43. The standard InChI is InChI=1S/C18H26N6O3S/c1-13-16(11-20-22(13)2)28(26,27)24-9-5-6-14(12-24)17-15(10-19-21-17)18(25)23-7-3-4-8-23/h10-11,14H,3-9,12H2,1-2H3,(H,19,21). The number of hydrogen-bond donors (Lipinski definition) is 1. The van der Waals surface area contributed by atoms with E-state index in [-0.39, 0.29) is 16.7 Å². The van der Waals surface area contributed by atoms with E-state index in [0.717, 1.165) is 44.5 Å². The Balaban J connectivity index is 1.57. The third-order valence-corrected chi connectivity index (χ3v) is 7.86. The van der Waals surface area contributed by atoms with Crippen molar-refractivity contribution in [3.63, 3.8) is 0 Å². The van der Waals surface area contributed by atoms with Crippen molar-refractivity contribution in [3.05, 3.63) is 29.3 Å². The van der Waals surface area contributed by atoms with E-state index in [1.54, 1.807) is 24.9 Å². The van der Waals surface area contributed by atoms with Gasteiger partial charge in [-0.2, -0.15) is 14.5 Å². The van der Waals surface area contributed by atoms with E-state index in [4.69, 9.17) is 0 Å². The van der Waals surface area contributed by atoms with E-state index < -0.39 is 10.0 Å². The van der Waals surface area contributed by atoms with Crippen molar-refractivity contribution in [1.29, 1.82) is 0 Å². The number of likely N-dealkylation sites (tertiary alicyclic amines) is 1. The average molecular weight is 407 g/mol. The molecule has 0 radical (unpaired) electrons. The molecule has 1 amide bonds. The molecular formula is C18H26N6O3S. The summed E-state index contributed by atoms with van der Waals surface area (Å²) in [7, 11) is -1.89. The SMILES string of the molecule is Cc1c(S(=O)(=O)N2CCCC(c3[nH]ncc3C(=O)N3CCCC3)C2)cnn1C. The summed E-state index contributed by atoms with van der Waals surface area (Å²) in [4.78, 5) is 14.9. The first-order valence-corrected chi connectivity index (χ1v) is 11.1. The summed E-state index contributed by atoms with van der Waals surface area (Å²) in [6.07, 6.45) is 6.60. The van der Waals surface area contributed by atoms with Gasteiger partial charge in [0.25, 0.3) is 5.91 Å². The van der Waals surface area contributed by atoms with Crippen LogP contribution in [0, 0.1) is 6.92 Å². The van der Waals surface area contributed by atoms with E-state index in [0.29, 0.717) is 24.3 Å². The van der Waals surface area contributed by atoms with Crippen molar-refractivity contribution < 1.29 is 13.2 Å². The summed E-state index contributed by atoms with van der Waals surface area (Å²) < 4.78 is 29.3. The maximum atomic E-state index is 13.1. The molecule has 9 nitrogen and oxygen atoms in total. The minimum absolute atomic E-state index is 0.00988. The van der Waals surface area contributed by atoms with Crippen molar-refractivity contribution in [2.45, 2.75) is 43.4 Å². The number of aryl methyl sites for hydroxylation is 1. The highest BCUT2D eigenvalue weighted by atomic mass is 32.2. The van der Waals surface area contributed by atoms with E-state index >= 15 is 0 Å². The van der Waals surface area contributed by atoms with Gasteiger partial charge in [0.1, 0.15) is 4.90 Å². The number of rotatable bonds is 4. The van der Waals surface area contributed by atoms with Crippen LogP contribution in [-0.4, -0.2) is 69.7 Å². The molecule has 152 valence electrons. The summed E-state index contributed by atoms with van der Waals surface area (Å²) >= 11 is 0. The molecule has 28 heavy (non-hydrogen) atoms. The molecule has 2 aromatic heterocycles. The number of carbonyl (C=O) groups is 1. The van der Waals surface area contributed by atoms with Gasteiger partial charge in [-0.05, 0) is 32.6 Å². The zero-order chi connectivity index (χ0) is 19.9. The first kappa shape index (κ1) is 19.1. The van der Waals surface area contributed by atoms with Gasteiger partial charge in [-0.15, -0.1) is 0 Å². The molecule has 2 saturated heterocycles. The predicted molar refractivity (Wildman–Crippen MR) is 102 cm³/mol. The molecule has 2 fully saturated rings. The quantitative estimate of drug-likeness (QED) is 0.823. The van der Waals surface area contributed by atoms with Gasteiger partial charge in [0.15, 0.2) is 0 Å². The number of aromatic nitrogens is 4. The Morgan fingerprint density at radius 3 is 2.61 bits per heavy atom. The Labute approximate surface area is 164 Å². The van der Waals surface area contributed by atoms with Crippen molar-refractivity contribution in [2.75, 3.05) is 26.2 Å². The fourth-order valence-electron chi connectivity index (χ4n) is 4.14. The fraction of sp³-hybridized carbons (Fsp3) is 0.611. The lowest BCUT2D eigenvalue weighted by Crippen LogP contribution is -2.40. The minimum Gasteiger partial charge on any atom is -0.339 e. The summed E-state index contributed by atoms with van der Waals surface area (Å²) in [6, 6.07) is 0. The maximum absolute atomic E-state index is 13.1. The molecule has 1 N–H and O–H groups in total. The molecule has 2 aliphatic heterocycles. The molecule has 2 aromatic rings. The van der Waals surface area contributed by atoms with Gasteiger partial charge in [-0.25, -0.2) is 8.42 Å². The molecule has 2 aliphatic rings. The fourth-order valence-corrected chi connectivity index (χ4v) is 5.85. The molecule has 4 heterocycles. The molecule has 0 saturated carbocycles. The molecule has 1 unspecified atom stereocenters. The Kier molecular flexibility index (Phi) is 5.00. The van der Waals surface area contributed by atoms with Crippen LogP contribution < -0.4 is 0 Å². The number of nitrogens with one attached hydrogen (secondary N) is 1. The van der Waals surface area contributed by atoms with E-state index in [1.165, 1.54) is 10.5 Å². The topological polar surface area (TPSA) is 104 Å². The highest BCUT2D eigenvalue weighted by Gasteiger charge is 2.35. The third kappa shape index (κ3) is 3.24. The van der Waals surface area contributed by atoms with Crippen LogP contribution in [-0.2, 0) is 17.1 Å². The number of H-pyrrole nitrogens is 1. The molecule has 10 heteroatoms. The van der Waals surface area contributed by atoms with Crippen LogP contribution in [0.25, 0.3) is 0 Å². The first-order valence-electron chi connectivity index (χ1n) is 9.71. The van der Waals surface area contributed by atoms with Crippen LogP contribution >= 0.6 is 0 Å². The number of carbonyl (C=O) groups excluding carboxylic acids is 1. The summed E-state index contributed by atoms with van der Waals surface area (Å²) in [5.41, 5.74) is 1.94. The second-order valence-electron chi connectivity index (χ2n) is 7.62. The number of aromatic amines is 1. The minimum atomic E-state index is -3.62. The van der Waals surface area contributed by atoms with Gasteiger partial charge >= 0.3 is 0 Å². The van der Waals surface area contributed by atoms with E-state index in [1.807, 2.05) is 4.90 Å². The molecule has 0 aliphatic carbocycles. The van der Waals surface area contributed by atoms with Crippen molar-refractivity contribution in [2.24, 2.45) is 7.05 Å². The molecule has 1 atom stereocenters. The Hall–Kier alpha value is -2.20. The summed E-state index contributed by atoms with van der Waals surface area (Å²) in [5, 5.41) is 11.1. The van der Waals surface area contributed by atoms with Crippen molar-refractivity contribution in [3.8, 4) is 0 Å². The zero-order valence-corrected chi connectivity index (χ0v) is 17.1. The van der Waals surface area contributed by atoms with Gasteiger partial charge in [0, 0.05) is 39.1 Å². The van der Waals surface area contributed by atoms with E-state index in [9.17, 15) is 13.2 Å². The van der Waals surface area contributed by atoms with Gasteiger partial charge in [0.2, 0.25) is 10.0 Å². The normalized spacial score (nSPS) is 21.4. The van der Waals surface area contributed by atoms with Gasteiger partial charge < -0.3 is 4.90 Å². The summed E-state index contributed by atoms with van der Waals surface area (Å²) in [5.74, 6) is -0.0890. The number of nitrogens with zero attached hydrogens (tertiary/aromatic N) is 5. The van der Waals surface area contributed by atoms with Crippen molar-refractivity contribution >= 4 is 15.9 Å². The predicted octanol–water partition coefficient (Wildman–Crippen LogP) is 1.26. The lowest BCUT2D eigenvalue weighted by atomic mass is 9.93. The molecule has 0 bridgehead atoms. The van der Waals surface area contributed by atoms with Crippen LogP contribution in [0.2, 0.25) is 0 Å². The molecule has 0 spiro atoms. The second-order valence-corrected chi connectivity index (χ2v) is 9.52. The van der Waals surface area contributed by atoms with Crippen LogP contribution in [0.1, 0.15) is 53.3 Å². The van der Waals surface area contributed by atoms with Gasteiger partial charge in [-0.3, -0.25) is 14.6 Å². The number of hydrogen-bond acceptors (Lipinski definition) is 5. The highest BCUT2D eigenvalue weighted by Crippen LogP contribution is 2.32. The maximum Gasteiger partial charge on any atom is 0.257 e. The van der Waals surface area contributed by atoms with Gasteiger partial charge in [0.05, 0.1) is 29.3 Å².